The second-order valence-corrected chi connectivity index (χ2v) is 12.5. The monoisotopic (exact) mass is 682 g/mol. The lowest BCUT2D eigenvalue weighted by Crippen LogP contribution is -2.34. The van der Waals surface area contributed by atoms with Gasteiger partial charge in [0.15, 0.2) is 0 Å². The van der Waals surface area contributed by atoms with E-state index in [1.165, 1.54) is 33.5 Å². The summed E-state index contributed by atoms with van der Waals surface area (Å²) >= 11 is 6.58. The second kappa shape index (κ2) is 14.9. The van der Waals surface area contributed by atoms with Crippen LogP contribution in [-0.4, -0.2) is 70.9 Å². The summed E-state index contributed by atoms with van der Waals surface area (Å²) in [5, 5.41) is 21.6. The Bertz CT molecular complexity index is 1910. The molecule has 0 aliphatic rings. The number of benzene rings is 3. The zero-order valence-corrected chi connectivity index (χ0v) is 27.5. The largest absolute Gasteiger partial charge is 0.497 e. The third-order valence-electron chi connectivity index (χ3n) is 7.21. The molecule has 4 aromatic rings. The van der Waals surface area contributed by atoms with Gasteiger partial charge in [0.2, 0.25) is 0 Å². The lowest BCUT2D eigenvalue weighted by Gasteiger charge is -2.26. The van der Waals surface area contributed by atoms with Gasteiger partial charge in [-0.15, -0.1) is 0 Å². The number of amides is 1. The van der Waals surface area contributed by atoms with Crippen LogP contribution in [0, 0.1) is 17.1 Å². The molecule has 0 saturated carbocycles. The number of hydrogen-bond acceptors (Lipinski definition) is 9. The summed E-state index contributed by atoms with van der Waals surface area (Å²) < 4.78 is 55.8. The number of aromatic nitrogens is 1. The average Bonchev–Trinajstić information content (AvgIpc) is 3.07. The first-order chi connectivity index (χ1) is 22.4. The van der Waals surface area contributed by atoms with Crippen molar-refractivity contribution < 1.29 is 32.2 Å². The van der Waals surface area contributed by atoms with Gasteiger partial charge in [0.25, 0.3) is 10.0 Å². The van der Waals surface area contributed by atoms with Crippen LogP contribution in [0.4, 0.5) is 32.1 Å². The molecular formula is C32H32ClFN6O6S. The van der Waals surface area contributed by atoms with Gasteiger partial charge >= 0.3 is 6.09 Å². The van der Waals surface area contributed by atoms with E-state index in [0.717, 1.165) is 21.3 Å². The maximum absolute atomic E-state index is 15.9. The first-order valence-electron chi connectivity index (χ1n) is 14.0. The Balaban J connectivity index is 1.71. The number of carboxylic acid groups (broad SMARTS) is 1. The molecule has 0 spiro atoms. The highest BCUT2D eigenvalue weighted by molar-refractivity contribution is 7.92. The fourth-order valence-electron chi connectivity index (χ4n) is 4.55. The number of nitrogens with one attached hydrogen (secondary N) is 1. The summed E-state index contributed by atoms with van der Waals surface area (Å²) in [5.74, 6) is -0.174. The molecule has 1 amide bonds. The number of methoxy groups -OCH3 is 2. The zero-order valence-electron chi connectivity index (χ0n) is 25.9. The first kappa shape index (κ1) is 34.6. The maximum atomic E-state index is 15.9. The molecule has 246 valence electrons. The highest BCUT2D eigenvalue weighted by Gasteiger charge is 2.31. The quantitative estimate of drug-likeness (QED) is 0.173. The first-order valence-corrected chi connectivity index (χ1v) is 15.8. The molecule has 1 heterocycles. The Labute approximate surface area is 277 Å². The smallest absolute Gasteiger partial charge is 0.407 e. The van der Waals surface area contributed by atoms with Gasteiger partial charge in [-0.25, -0.2) is 26.9 Å². The number of carbonyl (C=O) groups is 1. The van der Waals surface area contributed by atoms with Crippen LogP contribution < -0.4 is 24.0 Å². The molecule has 15 heteroatoms. The van der Waals surface area contributed by atoms with E-state index in [1.54, 1.807) is 60.5 Å². The van der Waals surface area contributed by atoms with E-state index in [-0.39, 0.29) is 36.2 Å². The third-order valence-corrected chi connectivity index (χ3v) is 9.29. The molecular weight excluding hydrogens is 651 g/mol. The molecule has 0 aliphatic carbocycles. The minimum atomic E-state index is -4.59. The topological polar surface area (TPSA) is 148 Å². The number of hydrogen-bond donors (Lipinski definition) is 2. The molecule has 0 atom stereocenters. The van der Waals surface area contributed by atoms with Gasteiger partial charge in [-0.1, -0.05) is 17.7 Å². The predicted molar refractivity (Wildman–Crippen MR) is 177 cm³/mol. The Hall–Kier alpha value is -5.26. The minimum Gasteiger partial charge on any atom is -0.497 e. The van der Waals surface area contributed by atoms with Gasteiger partial charge in [0.1, 0.15) is 28.0 Å². The fraction of sp³-hybridized carbons (Fsp3) is 0.219. The number of nitriles is 1. The van der Waals surface area contributed by atoms with Gasteiger partial charge < -0.3 is 29.7 Å². The van der Waals surface area contributed by atoms with E-state index >= 15 is 4.39 Å². The van der Waals surface area contributed by atoms with E-state index in [4.69, 9.17) is 21.1 Å². The number of sulfonamides is 1. The van der Waals surface area contributed by atoms with Crippen molar-refractivity contribution in [2.45, 2.75) is 11.4 Å². The fourth-order valence-corrected chi connectivity index (χ4v) is 6.30. The molecule has 4 rings (SSSR count). The molecule has 12 nitrogen and oxygen atoms in total. The number of halogens is 2. The molecule has 0 fully saturated rings. The van der Waals surface area contributed by atoms with Gasteiger partial charge in [-0.05, 0) is 48.5 Å². The van der Waals surface area contributed by atoms with Crippen LogP contribution >= 0.6 is 11.6 Å². The van der Waals surface area contributed by atoms with Crippen LogP contribution in [-0.2, 0) is 16.6 Å². The Kier molecular flexibility index (Phi) is 11.0. The van der Waals surface area contributed by atoms with Crippen LogP contribution in [0.3, 0.4) is 0 Å². The van der Waals surface area contributed by atoms with Crippen molar-refractivity contribution in [3.63, 3.8) is 0 Å². The third kappa shape index (κ3) is 7.94. The van der Waals surface area contributed by atoms with Crippen molar-refractivity contribution in [3.8, 4) is 17.6 Å². The number of pyridine rings is 1. The van der Waals surface area contributed by atoms with Crippen molar-refractivity contribution in [2.24, 2.45) is 0 Å². The number of anilines is 4. The molecule has 0 saturated heterocycles. The van der Waals surface area contributed by atoms with Crippen molar-refractivity contribution in [3.05, 3.63) is 94.9 Å². The number of rotatable bonds is 13. The number of likely N-dealkylation sites (N-methyl/N-ethyl adjacent to an activating group) is 2. The standard InChI is InChI=1S/C32H32ClFN6O6S/c1-38(13-14-39(2)32(41)42)28-15-21(19-35)8-11-26(28)37-27-18-25(34)30(17-24(27)33)47(43,44)40(31-7-5-6-12-36-31)20-22-9-10-23(45-3)16-29(22)46-4/h5-12,15-18,37H,13-14,20H2,1-4H3,(H,41,42). The highest BCUT2D eigenvalue weighted by atomic mass is 35.5. The van der Waals surface area contributed by atoms with Crippen molar-refractivity contribution >= 4 is 50.6 Å². The molecule has 0 radical (unpaired) electrons. The predicted octanol–water partition coefficient (Wildman–Crippen LogP) is 5.95. The molecule has 2 N–H and O–H groups in total. The zero-order chi connectivity index (χ0) is 34.3. The molecule has 0 aliphatic heterocycles. The van der Waals surface area contributed by atoms with Crippen molar-refractivity contribution in [1.29, 1.82) is 5.26 Å². The summed E-state index contributed by atoms with van der Waals surface area (Å²) in [5.41, 5.74) is 1.80. The Morgan fingerprint density at radius 1 is 1.04 bits per heavy atom. The van der Waals surface area contributed by atoms with Crippen LogP contribution in [0.5, 0.6) is 11.5 Å². The Morgan fingerprint density at radius 3 is 2.45 bits per heavy atom. The van der Waals surface area contributed by atoms with Crippen molar-refractivity contribution in [2.75, 3.05) is 55.9 Å². The van der Waals surface area contributed by atoms with Crippen LogP contribution in [0.15, 0.2) is 77.8 Å². The molecule has 47 heavy (non-hydrogen) atoms. The van der Waals surface area contributed by atoms with Crippen LogP contribution in [0.1, 0.15) is 11.1 Å². The Morgan fingerprint density at radius 2 is 1.81 bits per heavy atom. The normalized spacial score (nSPS) is 10.9. The van der Waals surface area contributed by atoms with Crippen LogP contribution in [0.2, 0.25) is 5.02 Å². The summed E-state index contributed by atoms with van der Waals surface area (Å²) in [6.45, 7) is 0.189. The molecule has 0 unspecified atom stereocenters. The average molecular weight is 683 g/mol. The number of ether oxygens (including phenoxy) is 2. The second-order valence-electron chi connectivity index (χ2n) is 10.2. The van der Waals surface area contributed by atoms with E-state index in [9.17, 15) is 23.6 Å². The summed E-state index contributed by atoms with van der Waals surface area (Å²) in [4.78, 5) is 17.6. The lowest BCUT2D eigenvalue weighted by molar-refractivity contribution is 0.157. The van der Waals surface area contributed by atoms with Gasteiger partial charge in [0, 0.05) is 51.1 Å². The van der Waals surface area contributed by atoms with Gasteiger partial charge in [-0.3, -0.25) is 0 Å². The van der Waals surface area contributed by atoms with Gasteiger partial charge in [-0.2, -0.15) is 5.26 Å². The van der Waals surface area contributed by atoms with Gasteiger partial charge in [0.05, 0.1) is 54.5 Å². The van der Waals surface area contributed by atoms with E-state index < -0.39 is 26.8 Å². The lowest BCUT2D eigenvalue weighted by atomic mass is 10.1. The molecule has 1 aromatic heterocycles. The van der Waals surface area contributed by atoms with Crippen LogP contribution in [0.25, 0.3) is 0 Å². The highest BCUT2D eigenvalue weighted by Crippen LogP contribution is 2.37. The summed E-state index contributed by atoms with van der Waals surface area (Å²) in [6.07, 6.45) is 0.329. The van der Waals surface area contributed by atoms with Crippen molar-refractivity contribution in [1.82, 2.24) is 9.88 Å². The minimum absolute atomic E-state index is 0.0434. The van der Waals surface area contributed by atoms with E-state index in [2.05, 4.69) is 16.4 Å². The molecule has 0 bridgehead atoms. The summed E-state index contributed by atoms with van der Waals surface area (Å²) in [7, 11) is 1.48. The van der Waals surface area contributed by atoms with E-state index in [0.29, 0.717) is 34.0 Å². The SMILES string of the molecule is COc1ccc(CN(c2ccccn2)S(=O)(=O)c2cc(Cl)c(Nc3ccc(C#N)cc3N(C)CCN(C)C(=O)O)cc2F)c(OC)c1. The number of nitrogens with zero attached hydrogens (tertiary/aromatic N) is 5. The summed E-state index contributed by atoms with van der Waals surface area (Å²) in [6, 6.07) is 18.4. The van der Waals surface area contributed by atoms with E-state index in [1.807, 2.05) is 0 Å². The molecule has 3 aromatic carbocycles. The maximum Gasteiger partial charge on any atom is 0.407 e.